The fraction of sp³-hybridized carbons (Fsp3) is 0.353. The third-order valence-electron chi connectivity index (χ3n) is 4.79. The number of nitrogens with one attached hydrogen (secondary N) is 1. The average Bonchev–Trinajstić information content (AvgIpc) is 3.34. The van der Waals surface area contributed by atoms with Crippen LogP contribution in [0.15, 0.2) is 20.8 Å². The van der Waals surface area contributed by atoms with Crippen molar-refractivity contribution in [1.82, 2.24) is 4.98 Å². The topological polar surface area (TPSA) is 135 Å². The van der Waals surface area contributed by atoms with Gasteiger partial charge in [0.15, 0.2) is 15.7 Å². The molecule has 1 heterocycles. The number of benzene rings is 1. The van der Waals surface area contributed by atoms with Crippen molar-refractivity contribution in [3.05, 3.63) is 39.5 Å². The second-order valence-electron chi connectivity index (χ2n) is 6.52. The van der Waals surface area contributed by atoms with Crippen LogP contribution in [0.4, 0.5) is 10.5 Å². The number of hydrogen-bond acceptors (Lipinski definition) is 6. The minimum absolute atomic E-state index is 0.00136. The molecular formula is C17H18N4O4S2. The average molecular weight is 406 g/mol. The molecule has 0 aliphatic heterocycles. The normalized spacial score (nSPS) is 17.3. The first kappa shape index (κ1) is 18.2. The Labute approximate surface area is 160 Å². The molecule has 2 aromatic rings. The Balaban J connectivity index is 1.70. The van der Waals surface area contributed by atoms with E-state index in [-0.39, 0.29) is 16.6 Å². The van der Waals surface area contributed by atoms with E-state index in [2.05, 4.69) is 20.7 Å². The fourth-order valence-electron chi connectivity index (χ4n) is 3.63. The molecule has 1 atom stereocenters. The molecule has 0 saturated heterocycles. The van der Waals surface area contributed by atoms with Crippen LogP contribution in [0.25, 0.3) is 0 Å². The van der Waals surface area contributed by atoms with Crippen LogP contribution in [0.2, 0.25) is 0 Å². The number of anilines is 1. The van der Waals surface area contributed by atoms with E-state index in [1.165, 1.54) is 6.20 Å². The number of rotatable bonds is 3. The molecule has 1 aromatic heterocycles. The highest BCUT2D eigenvalue weighted by molar-refractivity contribution is 7.93. The van der Waals surface area contributed by atoms with E-state index in [0.29, 0.717) is 29.1 Å². The maximum atomic E-state index is 12.6. The first-order valence-electron chi connectivity index (χ1n) is 8.51. The molecule has 2 aliphatic rings. The van der Waals surface area contributed by atoms with Crippen molar-refractivity contribution in [3.63, 3.8) is 0 Å². The largest absolute Gasteiger partial charge is 0.389 e. The van der Waals surface area contributed by atoms with Crippen molar-refractivity contribution in [3.8, 4) is 0 Å². The summed E-state index contributed by atoms with van der Waals surface area (Å²) in [5.74, 6) is -0.00136. The molecule has 2 aliphatic carbocycles. The Morgan fingerprint density at radius 3 is 2.89 bits per heavy atom. The van der Waals surface area contributed by atoms with Crippen molar-refractivity contribution in [1.29, 1.82) is 0 Å². The molecule has 0 spiro atoms. The third-order valence-corrected chi connectivity index (χ3v) is 7.65. The lowest BCUT2D eigenvalue weighted by Gasteiger charge is -2.14. The number of hydrogen-bond donors (Lipinski definition) is 3. The van der Waals surface area contributed by atoms with Gasteiger partial charge in [-0.05, 0) is 42.4 Å². The number of carbonyl (C=O) groups is 2. The standard InChI is InChI=1S/C17H18N4O4S2/c18-27(25,14-7-19-13(8-22)26-14)21-17(24)20-16-11-3-1-2-9(11)6-10-4-5-12(23)15(10)16/h6-7,22H,1-5,8H2,(H3,18,20,21,24,25). The molecular weight excluding hydrogens is 388 g/mol. The van der Waals surface area contributed by atoms with E-state index in [9.17, 15) is 13.8 Å². The van der Waals surface area contributed by atoms with Crippen molar-refractivity contribution in [2.24, 2.45) is 9.50 Å². The maximum absolute atomic E-state index is 12.6. The van der Waals surface area contributed by atoms with Crippen LogP contribution in [0.1, 0.15) is 44.9 Å². The summed E-state index contributed by atoms with van der Waals surface area (Å²) in [5.41, 5.74) is 4.08. The van der Waals surface area contributed by atoms with Gasteiger partial charge in [0.05, 0.1) is 18.5 Å². The van der Waals surface area contributed by atoms with Gasteiger partial charge in [-0.3, -0.25) is 4.79 Å². The van der Waals surface area contributed by atoms with Crippen LogP contribution in [-0.4, -0.2) is 26.1 Å². The molecule has 10 heteroatoms. The van der Waals surface area contributed by atoms with Crippen molar-refractivity contribution >= 4 is 38.8 Å². The van der Waals surface area contributed by atoms with Gasteiger partial charge in [-0.2, -0.15) is 0 Å². The van der Waals surface area contributed by atoms with Gasteiger partial charge in [-0.25, -0.2) is 19.1 Å². The first-order valence-corrected chi connectivity index (χ1v) is 10.9. The molecule has 142 valence electrons. The molecule has 2 amide bonds. The number of aliphatic hydroxyl groups excluding tert-OH is 1. The monoisotopic (exact) mass is 406 g/mol. The summed E-state index contributed by atoms with van der Waals surface area (Å²) in [6.07, 6.45) is 4.99. The van der Waals surface area contributed by atoms with E-state index in [1.807, 2.05) is 0 Å². The van der Waals surface area contributed by atoms with Gasteiger partial charge >= 0.3 is 6.03 Å². The number of amides is 2. The Bertz CT molecular complexity index is 1080. The Morgan fingerprint density at radius 2 is 2.15 bits per heavy atom. The third kappa shape index (κ3) is 3.29. The zero-order chi connectivity index (χ0) is 19.2. The van der Waals surface area contributed by atoms with Crippen molar-refractivity contribution in [2.45, 2.75) is 42.9 Å². The molecule has 1 unspecified atom stereocenters. The molecule has 4 rings (SSSR count). The lowest BCUT2D eigenvalue weighted by Crippen LogP contribution is -2.18. The summed E-state index contributed by atoms with van der Waals surface area (Å²) in [7, 11) is -3.49. The zero-order valence-electron chi connectivity index (χ0n) is 14.4. The van der Waals surface area contributed by atoms with E-state index >= 15 is 0 Å². The second kappa shape index (κ2) is 6.79. The van der Waals surface area contributed by atoms with Gasteiger partial charge in [-0.15, -0.1) is 15.7 Å². The molecule has 27 heavy (non-hydrogen) atoms. The van der Waals surface area contributed by atoms with Crippen molar-refractivity contribution in [2.75, 3.05) is 5.32 Å². The summed E-state index contributed by atoms with van der Waals surface area (Å²) in [6, 6.07) is 1.21. The quantitative estimate of drug-likeness (QED) is 0.718. The second-order valence-corrected chi connectivity index (χ2v) is 9.65. The molecule has 4 N–H and O–H groups in total. The Hall–Kier alpha value is -2.14. The predicted octanol–water partition coefficient (Wildman–Crippen LogP) is 2.19. The number of ketones is 1. The number of Topliss-reactive ketones (excluding diaryl/α,β-unsaturated/α-hetero) is 1. The van der Waals surface area contributed by atoms with Crippen LogP contribution in [0.5, 0.6) is 0 Å². The summed E-state index contributed by atoms with van der Waals surface area (Å²) >= 11 is 0.939. The number of aliphatic hydroxyl groups is 1. The Kier molecular flexibility index (Phi) is 4.58. The minimum Gasteiger partial charge on any atom is -0.389 e. The Morgan fingerprint density at radius 1 is 1.33 bits per heavy atom. The molecule has 1 aromatic carbocycles. The van der Waals surface area contributed by atoms with E-state index in [0.717, 1.165) is 47.3 Å². The minimum atomic E-state index is -3.49. The summed E-state index contributed by atoms with van der Waals surface area (Å²) < 4.78 is 16.4. The van der Waals surface area contributed by atoms with Gasteiger partial charge in [0.2, 0.25) is 0 Å². The number of nitrogens with zero attached hydrogens (tertiary/aromatic N) is 2. The van der Waals surface area contributed by atoms with Crippen LogP contribution in [0, 0.1) is 0 Å². The van der Waals surface area contributed by atoms with E-state index in [1.54, 1.807) is 0 Å². The first-order chi connectivity index (χ1) is 12.9. The van der Waals surface area contributed by atoms with Gasteiger partial charge in [0, 0.05) is 12.0 Å². The lowest BCUT2D eigenvalue weighted by atomic mass is 9.98. The highest BCUT2D eigenvalue weighted by Crippen LogP contribution is 2.38. The number of nitrogens with two attached hydrogens (primary N) is 1. The molecule has 0 bridgehead atoms. The number of carbonyl (C=O) groups excluding carboxylic acids is 2. The smallest absolute Gasteiger partial charge is 0.354 e. The molecule has 0 fully saturated rings. The van der Waals surface area contributed by atoms with Crippen LogP contribution >= 0.6 is 11.3 Å². The van der Waals surface area contributed by atoms with Gasteiger partial charge in [-0.1, -0.05) is 6.07 Å². The number of aromatic nitrogens is 1. The molecule has 0 radical (unpaired) electrons. The number of thiazole rings is 1. The zero-order valence-corrected chi connectivity index (χ0v) is 16.0. The molecule has 0 saturated carbocycles. The number of fused-ring (bicyclic) bond motifs is 2. The van der Waals surface area contributed by atoms with E-state index < -0.39 is 15.9 Å². The molecule has 8 nitrogen and oxygen atoms in total. The number of urea groups is 1. The summed E-state index contributed by atoms with van der Waals surface area (Å²) in [5, 5.41) is 17.8. The highest BCUT2D eigenvalue weighted by atomic mass is 32.2. The highest BCUT2D eigenvalue weighted by Gasteiger charge is 2.30. The summed E-state index contributed by atoms with van der Waals surface area (Å²) in [4.78, 5) is 28.7. The van der Waals surface area contributed by atoms with Gasteiger partial charge < -0.3 is 10.4 Å². The lowest BCUT2D eigenvalue weighted by molar-refractivity contribution is 0.0995. The fourth-order valence-corrected chi connectivity index (χ4v) is 5.60. The SMILES string of the molecule is NS(=O)(=NC(=O)Nc1c2c(cc3c1C(=O)CC3)CCC2)c1cnc(CO)s1. The van der Waals surface area contributed by atoms with Gasteiger partial charge in [0.25, 0.3) is 0 Å². The van der Waals surface area contributed by atoms with Gasteiger partial charge in [0.1, 0.15) is 9.22 Å². The van der Waals surface area contributed by atoms with Crippen molar-refractivity contribution < 1.29 is 18.9 Å². The van der Waals surface area contributed by atoms with Crippen LogP contribution in [-0.2, 0) is 35.8 Å². The number of aryl methyl sites for hydroxylation is 2. The maximum Gasteiger partial charge on any atom is 0.354 e. The predicted molar refractivity (Wildman–Crippen MR) is 101 cm³/mol. The van der Waals surface area contributed by atoms with E-state index in [4.69, 9.17) is 10.2 Å². The van der Waals surface area contributed by atoms with Crippen LogP contribution in [0.3, 0.4) is 0 Å². The van der Waals surface area contributed by atoms with Crippen LogP contribution < -0.4 is 10.5 Å². The summed E-state index contributed by atoms with van der Waals surface area (Å²) in [6.45, 7) is -0.309.